The lowest BCUT2D eigenvalue weighted by Crippen LogP contribution is -2.16. The average Bonchev–Trinajstić information content (AvgIpc) is 3.51. The molecule has 0 aliphatic heterocycles. The lowest BCUT2D eigenvalue weighted by molar-refractivity contribution is 0.0697. The summed E-state index contributed by atoms with van der Waals surface area (Å²) in [5, 5.41) is 12.6. The third-order valence-corrected chi connectivity index (χ3v) is 4.56. The zero-order valence-electron chi connectivity index (χ0n) is 14.8. The number of carbonyl (C=O) groups is 1. The number of aromatic carboxylic acids is 1. The summed E-state index contributed by atoms with van der Waals surface area (Å²) in [5.41, 5.74) is 3.39. The van der Waals surface area contributed by atoms with E-state index >= 15 is 0 Å². The maximum absolute atomic E-state index is 11.2. The van der Waals surface area contributed by atoms with Crippen LogP contribution in [0.1, 0.15) is 40.5 Å². The second-order valence-corrected chi connectivity index (χ2v) is 6.72. The van der Waals surface area contributed by atoms with Crippen LogP contribution < -0.4 is 5.32 Å². The Balaban J connectivity index is 1.62. The van der Waals surface area contributed by atoms with Crippen molar-refractivity contribution >= 4 is 11.9 Å². The molecule has 7 nitrogen and oxygen atoms in total. The third kappa shape index (κ3) is 3.92. The number of nitrogens with zero attached hydrogens (tertiary/aromatic N) is 4. The normalized spacial score (nSPS) is 14.6. The maximum atomic E-state index is 11.2. The molecule has 1 saturated carbocycles. The molecule has 1 atom stereocenters. The molecule has 0 amide bonds. The van der Waals surface area contributed by atoms with E-state index in [9.17, 15) is 4.79 Å². The van der Waals surface area contributed by atoms with Gasteiger partial charge in [0.05, 0.1) is 28.7 Å². The summed E-state index contributed by atoms with van der Waals surface area (Å²) < 4.78 is 0. The zero-order valence-corrected chi connectivity index (χ0v) is 14.8. The van der Waals surface area contributed by atoms with Crippen LogP contribution in [-0.2, 0) is 0 Å². The van der Waals surface area contributed by atoms with Gasteiger partial charge in [-0.05, 0) is 61.6 Å². The van der Waals surface area contributed by atoms with Crippen LogP contribution >= 0.6 is 0 Å². The highest BCUT2D eigenvalue weighted by Gasteiger charge is 2.33. The van der Waals surface area contributed by atoms with Gasteiger partial charge in [0, 0.05) is 18.6 Å². The monoisotopic (exact) mass is 361 g/mol. The first kappa shape index (κ1) is 17.1. The number of hydrogen-bond acceptors (Lipinski definition) is 6. The van der Waals surface area contributed by atoms with Crippen molar-refractivity contribution < 1.29 is 9.90 Å². The molecule has 1 fully saturated rings. The molecule has 136 valence electrons. The number of nitrogens with one attached hydrogen (secondary N) is 1. The predicted molar refractivity (Wildman–Crippen MR) is 100 cm³/mol. The van der Waals surface area contributed by atoms with E-state index in [4.69, 9.17) is 5.11 Å². The minimum Gasteiger partial charge on any atom is -0.478 e. The van der Waals surface area contributed by atoms with E-state index < -0.39 is 5.97 Å². The van der Waals surface area contributed by atoms with Crippen LogP contribution in [0.3, 0.4) is 0 Å². The molecule has 0 spiro atoms. The Labute approximate surface area is 156 Å². The molecule has 0 radical (unpaired) electrons. The van der Waals surface area contributed by atoms with Crippen molar-refractivity contribution in [2.45, 2.75) is 25.8 Å². The van der Waals surface area contributed by atoms with Gasteiger partial charge in [0.25, 0.3) is 0 Å². The van der Waals surface area contributed by atoms with Crippen molar-refractivity contribution in [3.63, 3.8) is 0 Å². The van der Waals surface area contributed by atoms with Gasteiger partial charge in [0.15, 0.2) is 0 Å². The summed E-state index contributed by atoms with van der Waals surface area (Å²) in [6.45, 7) is 2.05. The first-order valence-electron chi connectivity index (χ1n) is 8.82. The van der Waals surface area contributed by atoms with Crippen LogP contribution in [-0.4, -0.2) is 31.0 Å². The van der Waals surface area contributed by atoms with Gasteiger partial charge >= 0.3 is 5.97 Å². The Bertz CT molecular complexity index is 987. The summed E-state index contributed by atoms with van der Waals surface area (Å²) >= 11 is 0. The quantitative estimate of drug-likeness (QED) is 0.693. The Morgan fingerprint density at radius 2 is 1.85 bits per heavy atom. The molecule has 7 heteroatoms. The zero-order chi connectivity index (χ0) is 18.8. The molecule has 4 rings (SSSR count). The molecule has 0 bridgehead atoms. The number of pyridine rings is 2. The minimum atomic E-state index is -0.995. The highest BCUT2D eigenvalue weighted by Crippen LogP contribution is 2.42. The van der Waals surface area contributed by atoms with Crippen LogP contribution in [0.15, 0.2) is 48.9 Å². The van der Waals surface area contributed by atoms with Gasteiger partial charge in [0.2, 0.25) is 5.95 Å². The molecule has 3 heterocycles. The average molecular weight is 361 g/mol. The fraction of sp³-hybridized carbons (Fsp3) is 0.250. The highest BCUT2D eigenvalue weighted by molar-refractivity contribution is 5.88. The first-order valence-corrected chi connectivity index (χ1v) is 8.82. The second kappa shape index (κ2) is 7.11. The summed E-state index contributed by atoms with van der Waals surface area (Å²) in [6.07, 6.45) is 7.23. The SMILES string of the molecule is Cc1ccnc(C(Nc2nccc(-c3cc(C(=O)O)ccn3)n2)C2CC2)c1. The van der Waals surface area contributed by atoms with Gasteiger partial charge in [-0.2, -0.15) is 0 Å². The van der Waals surface area contributed by atoms with Gasteiger partial charge in [0.1, 0.15) is 0 Å². The number of aromatic nitrogens is 4. The van der Waals surface area contributed by atoms with E-state index in [-0.39, 0.29) is 11.6 Å². The summed E-state index contributed by atoms with van der Waals surface area (Å²) in [5.74, 6) is 0.000581. The van der Waals surface area contributed by atoms with Gasteiger partial charge < -0.3 is 10.4 Å². The molecule has 1 aliphatic rings. The van der Waals surface area contributed by atoms with Gasteiger partial charge in [-0.1, -0.05) is 0 Å². The number of rotatable bonds is 6. The summed E-state index contributed by atoms with van der Waals surface area (Å²) in [7, 11) is 0. The fourth-order valence-electron chi connectivity index (χ4n) is 3.01. The molecule has 27 heavy (non-hydrogen) atoms. The number of anilines is 1. The second-order valence-electron chi connectivity index (χ2n) is 6.72. The topological polar surface area (TPSA) is 101 Å². The lowest BCUT2D eigenvalue weighted by Gasteiger charge is -2.18. The van der Waals surface area contributed by atoms with Crippen molar-refractivity contribution in [3.05, 3.63) is 65.7 Å². The molecule has 1 unspecified atom stereocenters. The smallest absolute Gasteiger partial charge is 0.335 e. The van der Waals surface area contributed by atoms with Crippen LogP contribution in [0.25, 0.3) is 11.4 Å². The fourth-order valence-corrected chi connectivity index (χ4v) is 3.01. The molecular formula is C20H19N5O2. The Morgan fingerprint density at radius 1 is 1.07 bits per heavy atom. The molecule has 3 aromatic heterocycles. The Kier molecular flexibility index (Phi) is 4.50. The van der Waals surface area contributed by atoms with E-state index in [0.717, 1.165) is 24.1 Å². The molecule has 1 aliphatic carbocycles. The van der Waals surface area contributed by atoms with E-state index in [0.29, 0.717) is 23.3 Å². The van der Waals surface area contributed by atoms with Crippen molar-refractivity contribution in [1.82, 2.24) is 19.9 Å². The van der Waals surface area contributed by atoms with E-state index in [2.05, 4.69) is 31.3 Å². The molecule has 3 aromatic rings. The summed E-state index contributed by atoms with van der Waals surface area (Å²) in [6, 6.07) is 8.80. The maximum Gasteiger partial charge on any atom is 0.335 e. The lowest BCUT2D eigenvalue weighted by atomic mass is 10.1. The van der Waals surface area contributed by atoms with Gasteiger partial charge in [-0.25, -0.2) is 14.8 Å². The number of aryl methyl sites for hydroxylation is 1. The van der Waals surface area contributed by atoms with Gasteiger partial charge in [-0.15, -0.1) is 0 Å². The van der Waals surface area contributed by atoms with Crippen molar-refractivity contribution in [1.29, 1.82) is 0 Å². The van der Waals surface area contributed by atoms with E-state index in [1.807, 2.05) is 19.2 Å². The van der Waals surface area contributed by atoms with Gasteiger partial charge in [-0.3, -0.25) is 9.97 Å². The van der Waals surface area contributed by atoms with E-state index in [1.165, 1.54) is 18.3 Å². The number of carboxylic acid groups (broad SMARTS) is 1. The largest absolute Gasteiger partial charge is 0.478 e. The van der Waals surface area contributed by atoms with Crippen molar-refractivity contribution in [2.75, 3.05) is 5.32 Å². The molecule has 2 N–H and O–H groups in total. The third-order valence-electron chi connectivity index (χ3n) is 4.56. The Hall–Kier alpha value is -3.35. The molecule has 0 aromatic carbocycles. The number of carboxylic acids is 1. The van der Waals surface area contributed by atoms with Crippen LogP contribution in [0.2, 0.25) is 0 Å². The first-order chi connectivity index (χ1) is 13.1. The predicted octanol–water partition coefficient (Wildman–Crippen LogP) is 3.50. The van der Waals surface area contributed by atoms with Crippen LogP contribution in [0.4, 0.5) is 5.95 Å². The van der Waals surface area contributed by atoms with Crippen molar-refractivity contribution in [2.24, 2.45) is 5.92 Å². The van der Waals surface area contributed by atoms with Crippen molar-refractivity contribution in [3.8, 4) is 11.4 Å². The van der Waals surface area contributed by atoms with E-state index in [1.54, 1.807) is 12.3 Å². The summed E-state index contributed by atoms with van der Waals surface area (Å²) in [4.78, 5) is 28.8. The van der Waals surface area contributed by atoms with Crippen LogP contribution in [0, 0.1) is 12.8 Å². The minimum absolute atomic E-state index is 0.0541. The highest BCUT2D eigenvalue weighted by atomic mass is 16.4. The molecule has 0 saturated heterocycles. The van der Waals surface area contributed by atoms with Crippen LogP contribution in [0.5, 0.6) is 0 Å². The standard InChI is InChI=1S/C20H19N5O2/c1-12-4-7-22-17(10-12)18(13-2-3-13)25-20-23-9-6-15(24-20)16-11-14(19(26)27)5-8-21-16/h4-11,13,18H,2-3H2,1H3,(H,26,27)(H,23,24,25). The molecular weight excluding hydrogens is 342 g/mol. The Morgan fingerprint density at radius 3 is 2.59 bits per heavy atom. The number of hydrogen-bond donors (Lipinski definition) is 2.